The molecule has 0 aromatic carbocycles. The van der Waals surface area contributed by atoms with Gasteiger partial charge in [0.15, 0.2) is 6.10 Å². The van der Waals surface area contributed by atoms with Crippen molar-refractivity contribution in [1.82, 2.24) is 4.90 Å². The SMILES string of the molecule is N#CC1CN(CCCC2CCCO2)CCO1. The number of nitriles is 1. The molecule has 2 rings (SSSR count). The minimum atomic E-state index is -0.225. The lowest BCUT2D eigenvalue weighted by Crippen LogP contribution is -2.42. The van der Waals surface area contributed by atoms with Gasteiger partial charge in [0.1, 0.15) is 0 Å². The summed E-state index contributed by atoms with van der Waals surface area (Å²) in [7, 11) is 0. The third kappa shape index (κ3) is 3.44. The van der Waals surface area contributed by atoms with Crippen LogP contribution in [0.5, 0.6) is 0 Å². The van der Waals surface area contributed by atoms with E-state index in [1.165, 1.54) is 19.3 Å². The molecule has 16 heavy (non-hydrogen) atoms. The first-order valence-corrected chi connectivity index (χ1v) is 6.23. The van der Waals surface area contributed by atoms with Crippen molar-refractivity contribution in [3.63, 3.8) is 0 Å². The van der Waals surface area contributed by atoms with E-state index in [1.54, 1.807) is 0 Å². The molecule has 2 aliphatic heterocycles. The van der Waals surface area contributed by atoms with Crippen molar-refractivity contribution >= 4 is 0 Å². The number of hydrogen-bond donors (Lipinski definition) is 0. The summed E-state index contributed by atoms with van der Waals surface area (Å²) in [6.07, 6.45) is 5.05. The first-order valence-electron chi connectivity index (χ1n) is 6.23. The van der Waals surface area contributed by atoms with Crippen LogP contribution in [0.15, 0.2) is 0 Å². The van der Waals surface area contributed by atoms with Gasteiger partial charge in [-0.2, -0.15) is 5.26 Å². The van der Waals surface area contributed by atoms with Crippen LogP contribution in [-0.2, 0) is 9.47 Å². The van der Waals surface area contributed by atoms with Gasteiger partial charge >= 0.3 is 0 Å². The van der Waals surface area contributed by atoms with Gasteiger partial charge in [-0.15, -0.1) is 0 Å². The maximum absolute atomic E-state index is 8.79. The molecular formula is C12H20N2O2. The summed E-state index contributed by atoms with van der Waals surface area (Å²) in [5, 5.41) is 8.79. The Morgan fingerprint density at radius 3 is 3.00 bits per heavy atom. The maximum atomic E-state index is 8.79. The molecule has 0 aliphatic carbocycles. The molecule has 0 spiro atoms. The average Bonchev–Trinajstić information content (AvgIpc) is 2.82. The van der Waals surface area contributed by atoms with E-state index in [1.807, 2.05) is 0 Å². The highest BCUT2D eigenvalue weighted by Gasteiger charge is 2.20. The summed E-state index contributed by atoms with van der Waals surface area (Å²) < 4.78 is 10.9. The van der Waals surface area contributed by atoms with Gasteiger partial charge in [-0.05, 0) is 32.2 Å². The number of morpholine rings is 1. The summed E-state index contributed by atoms with van der Waals surface area (Å²) in [5.74, 6) is 0. The standard InChI is InChI=1S/C12H20N2O2/c13-9-12-10-14(6-8-16-12)5-1-3-11-4-2-7-15-11/h11-12H,1-8,10H2. The second kappa shape index (κ2) is 6.19. The van der Waals surface area contributed by atoms with Crippen LogP contribution in [0, 0.1) is 11.3 Å². The Bertz CT molecular complexity index is 246. The zero-order valence-electron chi connectivity index (χ0n) is 9.73. The van der Waals surface area contributed by atoms with Crippen LogP contribution in [-0.4, -0.2) is 50.0 Å². The Morgan fingerprint density at radius 1 is 1.31 bits per heavy atom. The molecule has 4 heteroatoms. The molecule has 2 atom stereocenters. The van der Waals surface area contributed by atoms with Crippen molar-refractivity contribution < 1.29 is 9.47 Å². The highest BCUT2D eigenvalue weighted by atomic mass is 16.5. The van der Waals surface area contributed by atoms with E-state index in [2.05, 4.69) is 11.0 Å². The predicted molar refractivity (Wildman–Crippen MR) is 60.0 cm³/mol. The van der Waals surface area contributed by atoms with Crippen molar-refractivity contribution in [2.24, 2.45) is 0 Å². The van der Waals surface area contributed by atoms with Crippen molar-refractivity contribution in [1.29, 1.82) is 5.26 Å². The molecule has 2 fully saturated rings. The van der Waals surface area contributed by atoms with Gasteiger partial charge in [0, 0.05) is 19.7 Å². The molecule has 2 unspecified atom stereocenters. The summed E-state index contributed by atoms with van der Waals surface area (Å²) in [5.41, 5.74) is 0. The highest BCUT2D eigenvalue weighted by molar-refractivity contribution is 4.89. The van der Waals surface area contributed by atoms with Crippen molar-refractivity contribution in [2.45, 2.75) is 37.9 Å². The Balaban J connectivity index is 1.60. The van der Waals surface area contributed by atoms with E-state index in [0.29, 0.717) is 12.7 Å². The minimum absolute atomic E-state index is 0.225. The molecule has 0 saturated carbocycles. The minimum Gasteiger partial charge on any atom is -0.378 e. The number of nitrogens with zero attached hydrogens (tertiary/aromatic N) is 2. The molecule has 2 saturated heterocycles. The summed E-state index contributed by atoms with van der Waals surface area (Å²) in [6, 6.07) is 2.18. The van der Waals surface area contributed by atoms with Crippen LogP contribution in [0.25, 0.3) is 0 Å². The molecule has 0 bridgehead atoms. The van der Waals surface area contributed by atoms with E-state index < -0.39 is 0 Å². The monoisotopic (exact) mass is 224 g/mol. The smallest absolute Gasteiger partial charge is 0.156 e. The molecule has 0 aromatic rings. The van der Waals surface area contributed by atoms with Crippen LogP contribution >= 0.6 is 0 Å². The van der Waals surface area contributed by atoms with Gasteiger partial charge in [-0.3, -0.25) is 4.90 Å². The fraction of sp³-hybridized carbons (Fsp3) is 0.917. The van der Waals surface area contributed by atoms with Gasteiger partial charge in [-0.25, -0.2) is 0 Å². The normalized spacial score (nSPS) is 31.4. The number of hydrogen-bond acceptors (Lipinski definition) is 4. The van der Waals surface area contributed by atoms with Crippen molar-refractivity contribution in [2.75, 3.05) is 32.8 Å². The third-order valence-electron chi connectivity index (χ3n) is 3.32. The van der Waals surface area contributed by atoms with Gasteiger partial charge in [0.2, 0.25) is 0 Å². The Morgan fingerprint density at radius 2 is 2.25 bits per heavy atom. The summed E-state index contributed by atoms with van der Waals surface area (Å²) >= 11 is 0. The van der Waals surface area contributed by atoms with Crippen LogP contribution in [0.1, 0.15) is 25.7 Å². The Labute approximate surface area is 97.1 Å². The fourth-order valence-corrected chi connectivity index (χ4v) is 2.40. The maximum Gasteiger partial charge on any atom is 0.156 e. The Kier molecular flexibility index (Phi) is 4.58. The molecular weight excluding hydrogens is 204 g/mol. The third-order valence-corrected chi connectivity index (χ3v) is 3.32. The van der Waals surface area contributed by atoms with Crippen LogP contribution in [0.3, 0.4) is 0 Å². The Hall–Kier alpha value is -0.630. The zero-order valence-corrected chi connectivity index (χ0v) is 9.73. The lowest BCUT2D eigenvalue weighted by molar-refractivity contribution is -0.00147. The lowest BCUT2D eigenvalue weighted by Gasteiger charge is -2.29. The second-order valence-corrected chi connectivity index (χ2v) is 4.57. The van der Waals surface area contributed by atoms with Crippen LogP contribution in [0.2, 0.25) is 0 Å². The molecule has 2 aliphatic rings. The van der Waals surface area contributed by atoms with Gasteiger partial charge in [0.25, 0.3) is 0 Å². The van der Waals surface area contributed by atoms with Gasteiger partial charge in [-0.1, -0.05) is 0 Å². The van der Waals surface area contributed by atoms with E-state index in [-0.39, 0.29) is 6.10 Å². The molecule has 0 N–H and O–H groups in total. The fourth-order valence-electron chi connectivity index (χ4n) is 2.40. The predicted octanol–water partition coefficient (Wildman–Crippen LogP) is 1.17. The number of rotatable bonds is 4. The van der Waals surface area contributed by atoms with Crippen molar-refractivity contribution in [3.05, 3.63) is 0 Å². The molecule has 2 heterocycles. The topological polar surface area (TPSA) is 45.5 Å². The van der Waals surface area contributed by atoms with Crippen LogP contribution < -0.4 is 0 Å². The molecule has 4 nitrogen and oxygen atoms in total. The van der Waals surface area contributed by atoms with E-state index in [0.717, 1.165) is 32.7 Å². The molecule has 0 aromatic heterocycles. The molecule has 0 radical (unpaired) electrons. The first-order chi connectivity index (χ1) is 7.88. The van der Waals surface area contributed by atoms with E-state index in [9.17, 15) is 0 Å². The average molecular weight is 224 g/mol. The van der Waals surface area contributed by atoms with Crippen LogP contribution in [0.4, 0.5) is 0 Å². The number of ether oxygens (including phenoxy) is 2. The highest BCUT2D eigenvalue weighted by Crippen LogP contribution is 2.17. The van der Waals surface area contributed by atoms with E-state index >= 15 is 0 Å². The molecule has 90 valence electrons. The quantitative estimate of drug-likeness (QED) is 0.719. The summed E-state index contributed by atoms with van der Waals surface area (Å²) in [4.78, 5) is 2.33. The first kappa shape index (κ1) is 11.8. The van der Waals surface area contributed by atoms with Gasteiger partial charge < -0.3 is 9.47 Å². The largest absolute Gasteiger partial charge is 0.378 e. The van der Waals surface area contributed by atoms with Gasteiger partial charge in [0.05, 0.1) is 18.8 Å². The van der Waals surface area contributed by atoms with E-state index in [4.69, 9.17) is 14.7 Å². The second-order valence-electron chi connectivity index (χ2n) is 4.57. The molecule has 0 amide bonds. The zero-order chi connectivity index (χ0) is 11.2. The summed E-state index contributed by atoms with van der Waals surface area (Å²) in [6.45, 7) is 4.43. The van der Waals surface area contributed by atoms with Crippen molar-refractivity contribution in [3.8, 4) is 6.07 Å². The lowest BCUT2D eigenvalue weighted by atomic mass is 10.1.